The van der Waals surface area contributed by atoms with Gasteiger partial charge in [-0.05, 0) is 0 Å². The Morgan fingerprint density at radius 1 is 0.619 bits per heavy atom. The molecule has 1 aliphatic rings. The molecule has 0 atom stereocenters. The molecule has 0 fully saturated rings. The van der Waals surface area contributed by atoms with Crippen molar-refractivity contribution >= 4 is 39.6 Å². The zero-order chi connectivity index (χ0) is 29.3. The molecule has 1 N–H and O–H groups in total. The summed E-state index contributed by atoms with van der Waals surface area (Å²) in [5.41, 5.74) is 3.27. The van der Waals surface area contributed by atoms with E-state index >= 15 is 0 Å². The van der Waals surface area contributed by atoms with Crippen molar-refractivity contribution in [3.63, 3.8) is 0 Å². The summed E-state index contributed by atoms with van der Waals surface area (Å²) in [6, 6.07) is 32.5. The summed E-state index contributed by atoms with van der Waals surface area (Å²) in [5, 5.41) is 4.37. The Hall–Kier alpha value is -4.59. The number of nitrogens with zero attached hydrogens (tertiary/aromatic N) is 1. The first-order valence-electron chi connectivity index (χ1n) is 12.8. The molecule has 1 aliphatic heterocycles. The van der Waals surface area contributed by atoms with Gasteiger partial charge in [0.05, 0.1) is 0 Å². The van der Waals surface area contributed by atoms with Gasteiger partial charge in [0.15, 0.2) is 0 Å². The van der Waals surface area contributed by atoms with Crippen molar-refractivity contribution in [2.45, 2.75) is 0 Å². The van der Waals surface area contributed by atoms with Crippen molar-refractivity contribution in [2.75, 3.05) is 0 Å². The van der Waals surface area contributed by atoms with Crippen LogP contribution in [0.3, 0.4) is 0 Å². The summed E-state index contributed by atoms with van der Waals surface area (Å²) in [5.74, 6) is -2.39. The van der Waals surface area contributed by atoms with E-state index < -0.39 is 40.6 Å². The first-order chi connectivity index (χ1) is 20.3. The molecule has 1 amide bonds. The zero-order valence-electron chi connectivity index (χ0n) is 21.9. The Kier molecular flexibility index (Phi) is 6.59. The van der Waals surface area contributed by atoms with Crippen molar-refractivity contribution in [1.29, 1.82) is 0 Å². The number of benzene rings is 5. The van der Waals surface area contributed by atoms with E-state index in [9.17, 15) is 18.0 Å². The second kappa shape index (κ2) is 10.0. The van der Waals surface area contributed by atoms with Crippen LogP contribution in [0.25, 0.3) is 0 Å². The molecule has 5 aromatic rings. The maximum absolute atomic E-state index is 14.4. The molecule has 42 heavy (non-hydrogen) atoms. The van der Waals surface area contributed by atoms with E-state index in [1.54, 1.807) is 60.7 Å². The van der Waals surface area contributed by atoms with Gasteiger partial charge in [0.25, 0.3) is 0 Å². The van der Waals surface area contributed by atoms with Gasteiger partial charge in [0.2, 0.25) is 0 Å². The first kappa shape index (κ1) is 27.6. The predicted octanol–water partition coefficient (Wildman–Crippen LogP) is 4.74. The third kappa shape index (κ3) is 4.00. The number of carbonyl (C=O) groups is 1. The van der Waals surface area contributed by atoms with Crippen LogP contribution < -0.4 is 16.0 Å². The Bertz CT molecular complexity index is 1690. The molecule has 6 rings (SSSR count). The second-order valence-electron chi connectivity index (χ2n) is 9.63. The van der Waals surface area contributed by atoms with Crippen LogP contribution in [-0.4, -0.2) is 29.1 Å². The number of carbonyl (C=O) groups excluding carboxylic acids is 1. The summed E-state index contributed by atoms with van der Waals surface area (Å²) < 4.78 is 64.1. The van der Waals surface area contributed by atoms with Gasteiger partial charge in [-0.3, -0.25) is 0 Å². The number of nitrogens with one attached hydrogen (secondary N) is 1. The molecule has 10 heteroatoms. The zero-order valence-corrected chi connectivity index (χ0v) is 24.4. The summed E-state index contributed by atoms with van der Waals surface area (Å²) in [6.45, 7) is 0. The molecule has 1 heterocycles. The predicted molar refractivity (Wildman–Crippen MR) is 154 cm³/mol. The number of halogens is 3. The molecule has 0 aliphatic carbocycles. The van der Waals surface area contributed by atoms with Crippen molar-refractivity contribution in [3.05, 3.63) is 162 Å². The van der Waals surface area contributed by atoms with E-state index in [1.807, 2.05) is 0 Å². The van der Waals surface area contributed by atoms with Crippen LogP contribution in [0.4, 0.5) is 13.2 Å². The number of hydroxylamine groups is 1. The Labute approximate surface area is 238 Å². The quantitative estimate of drug-likeness (QED) is 0.200. The van der Waals surface area contributed by atoms with E-state index in [4.69, 9.17) is 9.25 Å². The van der Waals surface area contributed by atoms with Crippen LogP contribution in [0.5, 0.6) is 0 Å². The van der Waals surface area contributed by atoms with Crippen molar-refractivity contribution in [2.24, 2.45) is 5.16 Å². The van der Waals surface area contributed by atoms with Crippen LogP contribution in [0.1, 0.15) is 15.9 Å². The molecule has 0 radical (unpaired) electrons. The van der Waals surface area contributed by atoms with Gasteiger partial charge in [0.1, 0.15) is 0 Å². The maximum atomic E-state index is 14.4. The van der Waals surface area contributed by atoms with E-state index in [2.05, 4.69) is 10.6 Å². The van der Waals surface area contributed by atoms with Gasteiger partial charge in [-0.1, -0.05) is 0 Å². The van der Waals surface area contributed by atoms with Crippen molar-refractivity contribution in [1.82, 2.24) is 5.48 Å². The third-order valence-electron chi connectivity index (χ3n) is 7.22. The second-order valence-corrected chi connectivity index (χ2v) is 23.4. The van der Waals surface area contributed by atoms with E-state index in [0.717, 1.165) is 0 Å². The van der Waals surface area contributed by atoms with E-state index in [0.29, 0.717) is 5.56 Å². The van der Waals surface area contributed by atoms with Crippen LogP contribution >= 0.6 is 0 Å². The Balaban J connectivity index is 1.72. The van der Waals surface area contributed by atoms with Gasteiger partial charge >= 0.3 is 239 Å². The SMILES string of the molecule is O=C(N[O][Sb-]1([c]2ccc(F)cc2)([c]2ccc(F)cc2)([c]2ccc(F)cc2)[O]N=C(c2ccccc2)[O]1)c1ccccc1. The van der Waals surface area contributed by atoms with Crippen molar-refractivity contribution < 1.29 is 27.2 Å². The molecule has 0 saturated heterocycles. The molecule has 0 spiro atoms. The minimum absolute atomic E-state index is 0.0171. The molecule has 6 nitrogen and oxygen atoms in total. The van der Waals surface area contributed by atoms with Crippen LogP contribution in [0.15, 0.2) is 139 Å². The fourth-order valence-electron chi connectivity index (χ4n) is 5.11. The summed E-state index contributed by atoms with van der Waals surface area (Å²) in [7, 11) is 0. The average molecular weight is 678 g/mol. The monoisotopic (exact) mass is 677 g/mol. The summed E-state index contributed by atoms with van der Waals surface area (Å²) in [6.07, 6.45) is 0. The van der Waals surface area contributed by atoms with Gasteiger partial charge in [-0.25, -0.2) is 0 Å². The number of amides is 1. The summed E-state index contributed by atoms with van der Waals surface area (Å²) in [4.78, 5) is 13.5. The molecule has 0 saturated carbocycles. The topological polar surface area (TPSA) is 69.2 Å². The number of hydrogen-bond donors (Lipinski definition) is 1. The Morgan fingerprint density at radius 2 is 1.05 bits per heavy atom. The standard InChI is InChI=1S/C7H7NO2.C7H6NO2.3C6H4F.Sb/c2*9-7(8-10)6-4-2-1-3-5-6;3*7-6-4-2-1-3-5-6;/h1-5,10H,(H,8,9);1-5H,(H-,8,9,10);3*2-5H;/q;-1;;;;+2/p-2. The third-order valence-corrected chi connectivity index (χ3v) is 24.1. The van der Waals surface area contributed by atoms with Gasteiger partial charge in [0, 0.05) is 0 Å². The molecule has 0 aromatic heterocycles. The molecular formula is C32H23F3N2O4Sb-. The molecule has 0 unspecified atom stereocenters. The van der Waals surface area contributed by atoms with Crippen molar-refractivity contribution in [3.8, 4) is 0 Å². The normalized spacial score (nSPS) is 17.6. The summed E-state index contributed by atoms with van der Waals surface area (Å²) >= 11 is -7.35. The fraction of sp³-hybridized carbons (Fsp3) is 0. The van der Waals surface area contributed by atoms with Gasteiger partial charge in [-0.15, -0.1) is 0 Å². The Morgan fingerprint density at radius 3 is 1.50 bits per heavy atom. The molecule has 5 aromatic carbocycles. The fourth-order valence-corrected chi connectivity index (χ4v) is 20.7. The van der Waals surface area contributed by atoms with E-state index in [-0.39, 0.29) is 22.0 Å². The van der Waals surface area contributed by atoms with E-state index in [1.165, 1.54) is 72.8 Å². The minimum atomic E-state index is -7.35. The average Bonchev–Trinajstić information content (AvgIpc) is 3.42. The van der Waals surface area contributed by atoms with Crippen LogP contribution in [0.2, 0.25) is 0 Å². The number of rotatable bonds is 7. The first-order valence-corrected chi connectivity index (χ1v) is 19.8. The number of hydrogen-bond acceptors (Lipinski definition) is 5. The molecule has 212 valence electrons. The van der Waals surface area contributed by atoms with Gasteiger partial charge < -0.3 is 0 Å². The number of oxime groups is 1. The molecular weight excluding hydrogens is 655 g/mol. The van der Waals surface area contributed by atoms with Crippen LogP contribution in [0, 0.1) is 17.5 Å². The van der Waals surface area contributed by atoms with Gasteiger partial charge in [-0.2, -0.15) is 0 Å². The van der Waals surface area contributed by atoms with Crippen LogP contribution in [-0.2, 0) is 9.25 Å². The molecule has 0 bridgehead atoms.